The Morgan fingerprint density at radius 2 is 1.69 bits per heavy atom. The van der Waals surface area contributed by atoms with Crippen molar-refractivity contribution in [1.82, 2.24) is 5.32 Å². The van der Waals surface area contributed by atoms with E-state index >= 15 is 0 Å². The van der Waals surface area contributed by atoms with Gasteiger partial charge in [-0.15, -0.1) is 0 Å². The summed E-state index contributed by atoms with van der Waals surface area (Å²) in [6.07, 6.45) is -6.66. The maximum Gasteiger partial charge on any atom is 0.335 e. The van der Waals surface area contributed by atoms with Crippen molar-refractivity contribution < 1.29 is 34.8 Å². The van der Waals surface area contributed by atoms with Crippen molar-refractivity contribution in [1.29, 1.82) is 0 Å². The van der Waals surface area contributed by atoms with Crippen LogP contribution in [0.4, 0.5) is 0 Å². The van der Waals surface area contributed by atoms with Gasteiger partial charge in [0.2, 0.25) is 11.8 Å². The van der Waals surface area contributed by atoms with Crippen molar-refractivity contribution in [3.8, 4) is 0 Å². The number of aliphatic carboxylic acids is 1. The summed E-state index contributed by atoms with van der Waals surface area (Å²) in [6.45, 7) is 1.08. The summed E-state index contributed by atoms with van der Waals surface area (Å²) >= 11 is 0. The highest BCUT2D eigenvalue weighted by Crippen LogP contribution is 2.04. The van der Waals surface area contributed by atoms with Crippen molar-refractivity contribution in [2.75, 3.05) is 0 Å². The Morgan fingerprint density at radius 3 is 2.06 bits per heavy atom. The summed E-state index contributed by atoms with van der Waals surface area (Å²) in [5.41, 5.74) is 0. The van der Waals surface area contributed by atoms with Crippen LogP contribution in [-0.2, 0) is 14.4 Å². The lowest BCUT2D eigenvalue weighted by atomic mass is 10.1. The third kappa shape index (κ3) is 4.82. The average molecular weight is 235 g/mol. The van der Waals surface area contributed by atoms with Gasteiger partial charge < -0.3 is 20.4 Å². The number of hydrogen-bond acceptors (Lipinski definition) is 6. The van der Waals surface area contributed by atoms with Crippen molar-refractivity contribution in [3.63, 3.8) is 0 Å². The van der Waals surface area contributed by atoms with E-state index in [0.717, 1.165) is 6.92 Å². The maximum atomic E-state index is 10.9. The first kappa shape index (κ1) is 14.5. The number of aliphatic hydroxyl groups excluding tert-OH is 3. The summed E-state index contributed by atoms with van der Waals surface area (Å²) in [7, 11) is 0. The van der Waals surface area contributed by atoms with Crippen molar-refractivity contribution >= 4 is 17.8 Å². The minimum Gasteiger partial charge on any atom is -0.479 e. The van der Waals surface area contributed by atoms with Gasteiger partial charge in [-0.3, -0.25) is 14.9 Å². The highest BCUT2D eigenvalue weighted by atomic mass is 16.4. The number of carboxylic acids is 1. The number of hydrogen-bond donors (Lipinski definition) is 5. The van der Waals surface area contributed by atoms with Gasteiger partial charge >= 0.3 is 5.97 Å². The zero-order chi connectivity index (χ0) is 12.9. The molecule has 0 spiro atoms. The van der Waals surface area contributed by atoms with Gasteiger partial charge in [0.15, 0.2) is 6.10 Å². The fourth-order valence-corrected chi connectivity index (χ4v) is 0.915. The van der Waals surface area contributed by atoms with E-state index < -0.39 is 42.5 Å². The van der Waals surface area contributed by atoms with E-state index in [9.17, 15) is 19.5 Å². The molecular weight excluding hydrogens is 222 g/mol. The third-order valence-corrected chi connectivity index (χ3v) is 1.68. The molecule has 2 amide bonds. The van der Waals surface area contributed by atoms with Crippen LogP contribution in [0.15, 0.2) is 0 Å². The number of carboxylic acid groups (broad SMARTS) is 1. The third-order valence-electron chi connectivity index (χ3n) is 1.68. The predicted molar refractivity (Wildman–Crippen MR) is 49.1 cm³/mol. The summed E-state index contributed by atoms with van der Waals surface area (Å²) in [6, 6.07) is 0. The van der Waals surface area contributed by atoms with Gasteiger partial charge in [-0.2, -0.15) is 0 Å². The number of carbonyl (C=O) groups excluding carboxylic acids is 2. The summed E-state index contributed by atoms with van der Waals surface area (Å²) in [5.74, 6) is -3.25. The highest BCUT2D eigenvalue weighted by molar-refractivity contribution is 5.94. The first-order valence-electron chi connectivity index (χ1n) is 4.33. The molecule has 0 bridgehead atoms. The van der Waals surface area contributed by atoms with Crippen LogP contribution < -0.4 is 5.32 Å². The second-order valence-electron chi connectivity index (χ2n) is 3.15. The second-order valence-corrected chi connectivity index (χ2v) is 3.15. The fraction of sp³-hybridized carbons (Fsp3) is 0.625. The van der Waals surface area contributed by atoms with Crippen LogP contribution >= 0.6 is 0 Å². The molecule has 0 aliphatic heterocycles. The standard InChI is InChI=1S/C8H13NO7/c1-3(10)9-5(12)2-4(11)6(13)7(14)8(15)16/h4,6-7,11,13-14H,2H2,1H3,(H,15,16)(H,9,10,12)/t4-,6+,7+/m1/s1. The van der Waals surface area contributed by atoms with Crippen molar-refractivity contribution in [3.05, 3.63) is 0 Å². The average Bonchev–Trinajstić information content (AvgIpc) is 2.13. The SMILES string of the molecule is CC(=O)NC(=O)C[C@@H](O)[C@H](O)[C@H](O)C(=O)O. The van der Waals surface area contributed by atoms with Gasteiger partial charge in [0, 0.05) is 6.92 Å². The Labute approximate surface area is 90.5 Å². The number of imide groups is 1. The molecule has 0 aromatic carbocycles. The zero-order valence-corrected chi connectivity index (χ0v) is 8.45. The Morgan fingerprint density at radius 1 is 1.19 bits per heavy atom. The van der Waals surface area contributed by atoms with E-state index in [0.29, 0.717) is 0 Å². The van der Waals surface area contributed by atoms with Gasteiger partial charge in [-0.25, -0.2) is 4.79 Å². The molecule has 92 valence electrons. The number of nitrogens with one attached hydrogen (secondary N) is 1. The molecule has 0 aromatic heterocycles. The van der Waals surface area contributed by atoms with E-state index in [1.165, 1.54) is 0 Å². The van der Waals surface area contributed by atoms with Crippen LogP contribution in [0.2, 0.25) is 0 Å². The number of rotatable bonds is 5. The monoisotopic (exact) mass is 235 g/mol. The van der Waals surface area contributed by atoms with Crippen LogP contribution in [0, 0.1) is 0 Å². The summed E-state index contributed by atoms with van der Waals surface area (Å²) in [5, 5.41) is 37.2. The molecule has 0 unspecified atom stereocenters. The van der Waals surface area contributed by atoms with E-state index in [-0.39, 0.29) is 0 Å². The quantitative estimate of drug-likeness (QED) is 0.346. The molecule has 0 saturated carbocycles. The molecule has 0 saturated heterocycles. The van der Waals surface area contributed by atoms with Gasteiger partial charge in [-0.1, -0.05) is 0 Å². The summed E-state index contributed by atoms with van der Waals surface area (Å²) < 4.78 is 0. The first-order valence-corrected chi connectivity index (χ1v) is 4.33. The van der Waals surface area contributed by atoms with E-state index in [1.807, 2.05) is 5.32 Å². The van der Waals surface area contributed by atoms with E-state index in [2.05, 4.69) is 0 Å². The molecule has 5 N–H and O–H groups in total. The predicted octanol–water partition coefficient (Wildman–Crippen LogP) is -2.79. The van der Waals surface area contributed by atoms with Crippen LogP contribution in [0.5, 0.6) is 0 Å². The molecule has 16 heavy (non-hydrogen) atoms. The molecule has 0 rings (SSSR count). The smallest absolute Gasteiger partial charge is 0.335 e. The molecule has 8 heteroatoms. The largest absolute Gasteiger partial charge is 0.479 e. The Bertz CT molecular complexity index is 290. The van der Waals surface area contributed by atoms with Crippen molar-refractivity contribution in [2.45, 2.75) is 31.7 Å². The molecule has 3 atom stereocenters. The number of aliphatic hydroxyl groups is 3. The number of carbonyl (C=O) groups is 3. The Balaban J connectivity index is 4.24. The van der Waals surface area contributed by atoms with Gasteiger partial charge in [0.25, 0.3) is 0 Å². The van der Waals surface area contributed by atoms with Crippen LogP contribution in [-0.4, -0.2) is 56.5 Å². The van der Waals surface area contributed by atoms with E-state index in [1.54, 1.807) is 0 Å². The Hall–Kier alpha value is -1.51. The molecule has 0 radical (unpaired) electrons. The lowest BCUT2D eigenvalue weighted by Crippen LogP contribution is -2.44. The lowest BCUT2D eigenvalue weighted by Gasteiger charge is -2.19. The molecular formula is C8H13NO7. The number of amides is 2. The molecule has 0 aromatic rings. The van der Waals surface area contributed by atoms with E-state index in [4.69, 9.17) is 15.3 Å². The normalized spacial score (nSPS) is 16.0. The van der Waals surface area contributed by atoms with Crippen LogP contribution in [0.25, 0.3) is 0 Å². The molecule has 0 fully saturated rings. The Kier molecular flexibility index (Phi) is 5.57. The minimum absolute atomic E-state index is 0.648. The highest BCUT2D eigenvalue weighted by Gasteiger charge is 2.31. The topological polar surface area (TPSA) is 144 Å². The van der Waals surface area contributed by atoms with Gasteiger partial charge in [0.1, 0.15) is 6.10 Å². The molecule has 0 heterocycles. The minimum atomic E-state index is -2.19. The van der Waals surface area contributed by atoms with Crippen molar-refractivity contribution in [2.24, 2.45) is 0 Å². The molecule has 0 aliphatic carbocycles. The summed E-state index contributed by atoms with van der Waals surface area (Å²) in [4.78, 5) is 31.6. The van der Waals surface area contributed by atoms with Crippen LogP contribution in [0.3, 0.4) is 0 Å². The molecule has 0 aliphatic rings. The first-order chi connectivity index (χ1) is 7.25. The lowest BCUT2D eigenvalue weighted by molar-refractivity contribution is -0.159. The zero-order valence-electron chi connectivity index (χ0n) is 8.45. The molecule has 8 nitrogen and oxygen atoms in total. The van der Waals surface area contributed by atoms with Gasteiger partial charge in [0.05, 0.1) is 12.5 Å². The second kappa shape index (κ2) is 6.16. The maximum absolute atomic E-state index is 10.9. The fourth-order valence-electron chi connectivity index (χ4n) is 0.915. The van der Waals surface area contributed by atoms with Gasteiger partial charge in [-0.05, 0) is 0 Å². The van der Waals surface area contributed by atoms with Crippen LogP contribution in [0.1, 0.15) is 13.3 Å².